The molecule has 2 N–H and O–H groups in total. The van der Waals surface area contributed by atoms with Crippen molar-refractivity contribution < 1.29 is 4.74 Å². The molecule has 0 radical (unpaired) electrons. The maximum absolute atomic E-state index is 6.31. The fourth-order valence-electron chi connectivity index (χ4n) is 1.88. The first-order valence-corrected chi connectivity index (χ1v) is 6.90. The molecule has 1 atom stereocenters. The van der Waals surface area contributed by atoms with Crippen molar-refractivity contribution in [1.29, 1.82) is 0 Å². The number of hydrogen-bond donors (Lipinski definition) is 1. The minimum Gasteiger partial charge on any atom is -0.381 e. The molecule has 0 aliphatic heterocycles. The minimum atomic E-state index is -0.181. The van der Waals surface area contributed by atoms with Crippen LogP contribution in [0.1, 0.15) is 39.2 Å². The summed E-state index contributed by atoms with van der Waals surface area (Å²) in [6.07, 6.45) is 2.93. The second-order valence-electron chi connectivity index (χ2n) is 5.86. The highest BCUT2D eigenvalue weighted by atomic mass is 16.5. The molecule has 0 spiro atoms. The van der Waals surface area contributed by atoms with E-state index in [0.717, 1.165) is 32.5 Å². The Morgan fingerprint density at radius 2 is 1.83 bits per heavy atom. The van der Waals surface area contributed by atoms with E-state index in [0.29, 0.717) is 5.92 Å². The Kier molecular flexibility index (Phi) is 6.37. The molecule has 1 rings (SSSR count). The monoisotopic (exact) mass is 249 g/mol. The summed E-state index contributed by atoms with van der Waals surface area (Å²) >= 11 is 0. The molecular formula is C16H27NO. The Bertz CT molecular complexity index is 319. The molecule has 1 aromatic carbocycles. The molecule has 0 aliphatic rings. The molecule has 1 aromatic rings. The third-order valence-electron chi connectivity index (χ3n) is 3.11. The van der Waals surface area contributed by atoms with Crippen molar-refractivity contribution in [3.63, 3.8) is 0 Å². The first-order valence-electron chi connectivity index (χ1n) is 6.90. The SMILES string of the molecule is CC(C)CCOCCC(C)(N)Cc1ccccc1. The van der Waals surface area contributed by atoms with E-state index in [9.17, 15) is 0 Å². The van der Waals surface area contributed by atoms with Gasteiger partial charge in [-0.15, -0.1) is 0 Å². The Hall–Kier alpha value is -0.860. The summed E-state index contributed by atoms with van der Waals surface area (Å²) in [6, 6.07) is 10.4. The van der Waals surface area contributed by atoms with Crippen molar-refractivity contribution in [1.82, 2.24) is 0 Å². The Labute approximate surface area is 112 Å². The summed E-state index contributed by atoms with van der Waals surface area (Å²) in [6.45, 7) is 8.13. The van der Waals surface area contributed by atoms with Crippen LogP contribution in [0, 0.1) is 5.92 Å². The summed E-state index contributed by atoms with van der Waals surface area (Å²) in [4.78, 5) is 0. The van der Waals surface area contributed by atoms with E-state index in [4.69, 9.17) is 10.5 Å². The van der Waals surface area contributed by atoms with Gasteiger partial charge in [0.05, 0.1) is 0 Å². The molecule has 2 heteroatoms. The predicted molar refractivity (Wildman–Crippen MR) is 77.6 cm³/mol. The normalized spacial score (nSPS) is 14.7. The molecule has 0 fully saturated rings. The number of benzene rings is 1. The average Bonchev–Trinajstić information content (AvgIpc) is 2.28. The van der Waals surface area contributed by atoms with Crippen molar-refractivity contribution in [3.05, 3.63) is 35.9 Å². The van der Waals surface area contributed by atoms with Gasteiger partial charge in [0.25, 0.3) is 0 Å². The molecule has 0 saturated heterocycles. The smallest absolute Gasteiger partial charge is 0.0483 e. The zero-order chi connectivity index (χ0) is 13.4. The van der Waals surface area contributed by atoms with Crippen LogP contribution >= 0.6 is 0 Å². The number of hydrogen-bond acceptors (Lipinski definition) is 2. The van der Waals surface area contributed by atoms with E-state index >= 15 is 0 Å². The van der Waals surface area contributed by atoms with Crippen LogP contribution in [0.15, 0.2) is 30.3 Å². The summed E-state index contributed by atoms with van der Waals surface area (Å²) in [5, 5.41) is 0. The van der Waals surface area contributed by atoms with Gasteiger partial charge in [-0.25, -0.2) is 0 Å². The molecule has 102 valence electrons. The van der Waals surface area contributed by atoms with Gasteiger partial charge in [-0.3, -0.25) is 0 Å². The quantitative estimate of drug-likeness (QED) is 0.717. The maximum atomic E-state index is 6.31. The molecule has 18 heavy (non-hydrogen) atoms. The van der Waals surface area contributed by atoms with Gasteiger partial charge in [-0.05, 0) is 37.7 Å². The van der Waals surface area contributed by atoms with Crippen LogP contribution < -0.4 is 5.73 Å². The van der Waals surface area contributed by atoms with Crippen molar-refractivity contribution in [2.24, 2.45) is 11.7 Å². The van der Waals surface area contributed by atoms with Gasteiger partial charge in [-0.2, -0.15) is 0 Å². The molecular weight excluding hydrogens is 222 g/mol. The van der Waals surface area contributed by atoms with Gasteiger partial charge in [0.1, 0.15) is 0 Å². The number of ether oxygens (including phenoxy) is 1. The summed E-state index contributed by atoms with van der Waals surface area (Å²) in [5.74, 6) is 0.707. The minimum absolute atomic E-state index is 0.181. The van der Waals surface area contributed by atoms with Gasteiger partial charge >= 0.3 is 0 Å². The first kappa shape index (κ1) is 15.2. The number of rotatable bonds is 8. The standard InChI is InChI=1S/C16H27NO/c1-14(2)9-11-18-12-10-16(3,17)13-15-7-5-4-6-8-15/h4-8,14H,9-13,17H2,1-3H3. The van der Waals surface area contributed by atoms with Gasteiger partial charge in [0, 0.05) is 18.8 Å². The summed E-state index contributed by atoms with van der Waals surface area (Å²) in [7, 11) is 0. The molecule has 0 aromatic heterocycles. The molecule has 2 nitrogen and oxygen atoms in total. The fraction of sp³-hybridized carbons (Fsp3) is 0.625. The van der Waals surface area contributed by atoms with E-state index in [1.165, 1.54) is 5.56 Å². The van der Waals surface area contributed by atoms with Crippen LogP contribution in [0.2, 0.25) is 0 Å². The highest BCUT2D eigenvalue weighted by Crippen LogP contribution is 2.14. The third kappa shape index (κ3) is 6.77. The molecule has 0 saturated carbocycles. The number of nitrogens with two attached hydrogens (primary N) is 1. The molecule has 0 amide bonds. The highest BCUT2D eigenvalue weighted by molar-refractivity contribution is 5.17. The molecule has 1 unspecified atom stereocenters. The highest BCUT2D eigenvalue weighted by Gasteiger charge is 2.18. The second-order valence-corrected chi connectivity index (χ2v) is 5.86. The Morgan fingerprint density at radius 3 is 2.44 bits per heavy atom. The van der Waals surface area contributed by atoms with E-state index in [1.807, 2.05) is 6.07 Å². The van der Waals surface area contributed by atoms with E-state index in [-0.39, 0.29) is 5.54 Å². The van der Waals surface area contributed by atoms with Crippen molar-refractivity contribution in [3.8, 4) is 0 Å². The summed E-state index contributed by atoms with van der Waals surface area (Å²) < 4.78 is 5.64. The van der Waals surface area contributed by atoms with Gasteiger partial charge in [0.15, 0.2) is 0 Å². The van der Waals surface area contributed by atoms with Crippen LogP contribution in [0.25, 0.3) is 0 Å². The predicted octanol–water partition coefficient (Wildman–Crippen LogP) is 3.40. The van der Waals surface area contributed by atoms with E-state index in [2.05, 4.69) is 45.0 Å². The molecule has 0 bridgehead atoms. The van der Waals surface area contributed by atoms with Gasteiger partial charge < -0.3 is 10.5 Å². The largest absolute Gasteiger partial charge is 0.381 e. The zero-order valence-corrected chi connectivity index (χ0v) is 12.0. The lowest BCUT2D eigenvalue weighted by Crippen LogP contribution is -2.39. The Morgan fingerprint density at radius 1 is 1.17 bits per heavy atom. The van der Waals surface area contributed by atoms with Crippen molar-refractivity contribution in [2.45, 2.75) is 45.6 Å². The third-order valence-corrected chi connectivity index (χ3v) is 3.11. The molecule has 0 heterocycles. The maximum Gasteiger partial charge on any atom is 0.0483 e. The lowest BCUT2D eigenvalue weighted by Gasteiger charge is -2.24. The van der Waals surface area contributed by atoms with E-state index in [1.54, 1.807) is 0 Å². The van der Waals surface area contributed by atoms with Crippen molar-refractivity contribution >= 4 is 0 Å². The topological polar surface area (TPSA) is 35.2 Å². The fourth-order valence-corrected chi connectivity index (χ4v) is 1.88. The van der Waals surface area contributed by atoms with Crippen molar-refractivity contribution in [2.75, 3.05) is 13.2 Å². The van der Waals surface area contributed by atoms with Gasteiger partial charge in [-0.1, -0.05) is 44.2 Å². The molecule has 0 aliphatic carbocycles. The second kappa shape index (κ2) is 7.55. The lowest BCUT2D eigenvalue weighted by molar-refractivity contribution is 0.107. The first-order chi connectivity index (χ1) is 8.49. The summed E-state index contributed by atoms with van der Waals surface area (Å²) in [5.41, 5.74) is 7.43. The van der Waals surface area contributed by atoms with Crippen LogP contribution in [0.3, 0.4) is 0 Å². The van der Waals surface area contributed by atoms with Crippen LogP contribution in [0.4, 0.5) is 0 Å². The Balaban J connectivity index is 2.23. The van der Waals surface area contributed by atoms with Crippen LogP contribution in [0.5, 0.6) is 0 Å². The van der Waals surface area contributed by atoms with Crippen LogP contribution in [-0.2, 0) is 11.2 Å². The van der Waals surface area contributed by atoms with E-state index < -0.39 is 0 Å². The zero-order valence-electron chi connectivity index (χ0n) is 12.0. The van der Waals surface area contributed by atoms with Crippen LogP contribution in [-0.4, -0.2) is 18.8 Å². The lowest BCUT2D eigenvalue weighted by atomic mass is 9.91. The average molecular weight is 249 g/mol. The van der Waals surface area contributed by atoms with Gasteiger partial charge in [0.2, 0.25) is 0 Å².